The van der Waals surface area contributed by atoms with E-state index in [0.29, 0.717) is 6.61 Å². The van der Waals surface area contributed by atoms with Crippen LogP contribution in [-0.2, 0) is 4.74 Å². The molecule has 0 unspecified atom stereocenters. The van der Waals surface area contributed by atoms with Gasteiger partial charge >= 0.3 is 6.26 Å². The maximum absolute atomic E-state index is 4.47. The second kappa shape index (κ2) is 3.45. The predicted octanol–water partition coefficient (Wildman–Crippen LogP) is 0.970. The molecule has 0 N–H and O–H groups in total. The van der Waals surface area contributed by atoms with Crippen LogP contribution in [0.2, 0.25) is 0 Å². The van der Waals surface area contributed by atoms with E-state index in [0.717, 1.165) is 0 Å². The molecule has 0 aliphatic carbocycles. The lowest BCUT2D eigenvalue weighted by atomic mass is 10.9. The van der Waals surface area contributed by atoms with Crippen molar-refractivity contribution < 1.29 is 4.74 Å². The maximum Gasteiger partial charge on any atom is 0.476 e. The molecule has 28 valence electrons. The van der Waals surface area contributed by atoms with Crippen molar-refractivity contribution in [2.75, 3.05) is 6.61 Å². The Morgan fingerprint density at radius 1 is 2.00 bits per heavy atom. The van der Waals surface area contributed by atoms with Gasteiger partial charge in [-0.2, -0.15) is 0 Å². The summed E-state index contributed by atoms with van der Waals surface area (Å²) in [6.45, 7) is 5.76. The molecule has 0 aromatic heterocycles. The Bertz CT molecular complexity index is 24.8. The van der Waals surface area contributed by atoms with Crippen LogP contribution in [-0.4, -0.2) is 6.61 Å². The predicted molar refractivity (Wildman–Crippen MR) is 20.5 cm³/mol. The minimum absolute atomic E-state index is 0.670. The largest absolute Gasteiger partial charge is 0.476 e. The molecule has 0 fully saturated rings. The van der Waals surface area contributed by atoms with Gasteiger partial charge in [-0.1, -0.05) is 0 Å². The Morgan fingerprint density at radius 3 is 2.60 bits per heavy atom. The van der Waals surface area contributed by atoms with Gasteiger partial charge in [-0.15, -0.1) is 0 Å². The lowest BCUT2D eigenvalue weighted by Crippen LogP contribution is -1.73. The average Bonchev–Trinajstić information content (AvgIpc) is 1.41. The SMILES string of the molecule is C=[C+]OCC. The van der Waals surface area contributed by atoms with E-state index < -0.39 is 0 Å². The van der Waals surface area contributed by atoms with Crippen LogP contribution in [0.5, 0.6) is 0 Å². The van der Waals surface area contributed by atoms with Gasteiger partial charge in [0.2, 0.25) is 0 Å². The van der Waals surface area contributed by atoms with Crippen molar-refractivity contribution in [2.45, 2.75) is 6.92 Å². The van der Waals surface area contributed by atoms with E-state index in [9.17, 15) is 0 Å². The zero-order valence-corrected chi connectivity index (χ0v) is 3.32. The van der Waals surface area contributed by atoms with Gasteiger partial charge in [0, 0.05) is 0 Å². The molecule has 0 aliphatic rings. The smallest absolute Gasteiger partial charge is 0.269 e. The van der Waals surface area contributed by atoms with E-state index >= 15 is 0 Å². The highest BCUT2D eigenvalue weighted by Crippen LogP contribution is 1.63. The molecular weight excluding hydrogens is 64.0 g/mol. The summed E-state index contributed by atoms with van der Waals surface area (Å²) in [5.41, 5.74) is 0. The summed E-state index contributed by atoms with van der Waals surface area (Å²) in [4.78, 5) is 0. The maximum atomic E-state index is 4.47. The van der Waals surface area contributed by atoms with E-state index in [-0.39, 0.29) is 0 Å². The van der Waals surface area contributed by atoms with Crippen LogP contribution >= 0.6 is 0 Å². The highest BCUT2D eigenvalue weighted by molar-refractivity contribution is 4.32. The van der Waals surface area contributed by atoms with Gasteiger partial charge < -0.3 is 0 Å². The Morgan fingerprint density at radius 2 is 2.60 bits per heavy atom. The van der Waals surface area contributed by atoms with Crippen LogP contribution < -0.4 is 0 Å². The van der Waals surface area contributed by atoms with Crippen molar-refractivity contribution in [1.29, 1.82) is 0 Å². The summed E-state index contributed by atoms with van der Waals surface area (Å²) >= 11 is 0. The quantitative estimate of drug-likeness (QED) is 0.348. The first kappa shape index (κ1) is 4.45. The van der Waals surface area contributed by atoms with Crippen LogP contribution in [0.3, 0.4) is 0 Å². The molecule has 0 saturated heterocycles. The third kappa shape index (κ3) is 3.45. The van der Waals surface area contributed by atoms with Crippen LogP contribution in [0.4, 0.5) is 0 Å². The van der Waals surface area contributed by atoms with Crippen molar-refractivity contribution in [3.05, 3.63) is 12.8 Å². The second-order valence-corrected chi connectivity index (χ2v) is 0.577. The fourth-order valence-electron chi connectivity index (χ4n) is 0.102. The molecule has 0 aromatic rings. The molecule has 1 heteroatoms. The summed E-state index contributed by atoms with van der Waals surface area (Å²) in [6, 6.07) is 0. The molecule has 0 aromatic carbocycles. The monoisotopic (exact) mass is 71.0 g/mol. The Balaban J connectivity index is 2.40. The third-order valence-corrected chi connectivity index (χ3v) is 0.246. The first-order valence-electron chi connectivity index (χ1n) is 1.55. The molecule has 0 rings (SSSR count). The van der Waals surface area contributed by atoms with Gasteiger partial charge in [-0.25, -0.2) is 0 Å². The van der Waals surface area contributed by atoms with Gasteiger partial charge in [0.25, 0.3) is 0 Å². The van der Waals surface area contributed by atoms with E-state index in [1.165, 1.54) is 0 Å². The van der Waals surface area contributed by atoms with Crippen LogP contribution in [0.1, 0.15) is 6.92 Å². The first-order valence-corrected chi connectivity index (χ1v) is 1.55. The van der Waals surface area contributed by atoms with Gasteiger partial charge in [0.05, 0.1) is 0 Å². The van der Waals surface area contributed by atoms with Gasteiger partial charge in [-0.05, 0) is 6.92 Å². The summed E-state index contributed by atoms with van der Waals surface area (Å²) in [5, 5.41) is 0. The lowest BCUT2D eigenvalue weighted by Gasteiger charge is -1.65. The molecule has 0 spiro atoms. The van der Waals surface area contributed by atoms with E-state index in [4.69, 9.17) is 0 Å². The van der Waals surface area contributed by atoms with Crippen molar-refractivity contribution >= 4 is 0 Å². The van der Waals surface area contributed by atoms with E-state index in [2.05, 4.69) is 17.6 Å². The molecule has 0 bridgehead atoms. The molecule has 0 amide bonds. The summed E-state index contributed by atoms with van der Waals surface area (Å²) in [5.74, 6) is 0. The summed E-state index contributed by atoms with van der Waals surface area (Å²) < 4.78 is 4.47. The number of hydrogen-bond donors (Lipinski definition) is 0. The summed E-state index contributed by atoms with van der Waals surface area (Å²) in [6.07, 6.45) is 2.27. The average molecular weight is 71.1 g/mol. The minimum Gasteiger partial charge on any atom is -0.269 e. The summed E-state index contributed by atoms with van der Waals surface area (Å²) in [7, 11) is 0. The van der Waals surface area contributed by atoms with Gasteiger partial charge in [0.15, 0.2) is 6.58 Å². The third-order valence-electron chi connectivity index (χ3n) is 0.246. The molecule has 0 atom stereocenters. The van der Waals surface area contributed by atoms with Crippen molar-refractivity contribution in [3.63, 3.8) is 0 Å². The minimum atomic E-state index is 0.670. The molecule has 5 heavy (non-hydrogen) atoms. The molecule has 1 nitrogen and oxygen atoms in total. The second-order valence-electron chi connectivity index (χ2n) is 0.577. The Labute approximate surface area is 32.3 Å². The van der Waals surface area contributed by atoms with Crippen LogP contribution in [0.15, 0.2) is 6.58 Å². The number of hydrogen-bond acceptors (Lipinski definition) is 1. The molecular formula is C4H7O+. The first-order chi connectivity index (χ1) is 2.41. The Kier molecular flexibility index (Phi) is 3.07. The fraction of sp³-hybridized carbons (Fsp3) is 0.500. The number of rotatable bonds is 2. The topological polar surface area (TPSA) is 9.23 Å². The van der Waals surface area contributed by atoms with Crippen LogP contribution in [0, 0.1) is 6.26 Å². The highest BCUT2D eigenvalue weighted by atomic mass is 16.5. The van der Waals surface area contributed by atoms with Gasteiger partial charge in [-0.3, -0.25) is 4.74 Å². The molecule has 0 radical (unpaired) electrons. The number of ether oxygens (including phenoxy) is 1. The molecule has 0 aliphatic heterocycles. The normalized spacial score (nSPS) is 5.80. The van der Waals surface area contributed by atoms with Crippen molar-refractivity contribution in [2.24, 2.45) is 0 Å². The van der Waals surface area contributed by atoms with E-state index in [1.807, 2.05) is 6.92 Å². The highest BCUT2D eigenvalue weighted by Gasteiger charge is 1.75. The fourth-order valence-corrected chi connectivity index (χ4v) is 0.102. The standard InChI is InChI=1S/C4H7O/c1-3-5-4-2/h1,4H2,2H3/q+1. The lowest BCUT2D eigenvalue weighted by molar-refractivity contribution is 0.249. The van der Waals surface area contributed by atoms with Crippen LogP contribution in [0.25, 0.3) is 0 Å². The zero-order chi connectivity index (χ0) is 4.12. The molecule has 0 saturated carbocycles. The molecule has 0 heterocycles. The van der Waals surface area contributed by atoms with Gasteiger partial charge in [0.1, 0.15) is 6.61 Å². The van der Waals surface area contributed by atoms with E-state index in [1.54, 1.807) is 0 Å². The zero-order valence-electron chi connectivity index (χ0n) is 3.32. The Hall–Kier alpha value is -0.550. The van der Waals surface area contributed by atoms with Crippen molar-refractivity contribution in [3.8, 4) is 0 Å². The van der Waals surface area contributed by atoms with Crippen molar-refractivity contribution in [1.82, 2.24) is 0 Å².